The van der Waals surface area contributed by atoms with Gasteiger partial charge in [-0.25, -0.2) is 0 Å². The third-order valence-electron chi connectivity index (χ3n) is 10.6. The number of anilines is 4. The van der Waals surface area contributed by atoms with Crippen LogP contribution in [-0.4, -0.2) is 0 Å². The molecule has 9 aromatic carbocycles. The van der Waals surface area contributed by atoms with E-state index < -0.39 is 0 Å². The molecule has 4 heteroatoms. The molecular formula is C50H32N2OS. The van der Waals surface area contributed by atoms with Gasteiger partial charge in [0.25, 0.3) is 0 Å². The van der Waals surface area contributed by atoms with Gasteiger partial charge in [0.05, 0.1) is 11.1 Å². The SMILES string of the molecule is c1ccc(Nc2cccc3oc4c5ccc(-c6ccc7ccc(-c8ccc(Nc9cccc%10sc%11ccccc%11c9%10)cc8)cc7c6)cc5ccc4c23)cc1. The van der Waals surface area contributed by atoms with Crippen molar-refractivity contribution in [2.45, 2.75) is 0 Å². The van der Waals surface area contributed by atoms with E-state index in [9.17, 15) is 0 Å². The third kappa shape index (κ3) is 5.19. The molecule has 11 aromatic rings. The molecule has 11 rings (SSSR count). The molecule has 0 spiro atoms. The van der Waals surface area contributed by atoms with Crippen molar-refractivity contribution in [2.75, 3.05) is 10.6 Å². The monoisotopic (exact) mass is 708 g/mol. The number of nitrogens with one attached hydrogen (secondary N) is 2. The number of para-hydroxylation sites is 1. The van der Waals surface area contributed by atoms with Gasteiger partial charge in [-0.15, -0.1) is 11.3 Å². The second-order valence-corrected chi connectivity index (χ2v) is 15.0. The van der Waals surface area contributed by atoms with Gasteiger partial charge >= 0.3 is 0 Å². The average molecular weight is 709 g/mol. The van der Waals surface area contributed by atoms with Crippen molar-refractivity contribution in [1.82, 2.24) is 0 Å². The third-order valence-corrected chi connectivity index (χ3v) is 11.7. The summed E-state index contributed by atoms with van der Waals surface area (Å²) in [6.07, 6.45) is 0. The quantitative estimate of drug-likeness (QED) is 0.181. The van der Waals surface area contributed by atoms with E-state index in [1.807, 2.05) is 35.6 Å². The van der Waals surface area contributed by atoms with Crippen LogP contribution in [0, 0.1) is 0 Å². The van der Waals surface area contributed by atoms with Crippen LogP contribution in [0.25, 0.3) is 85.9 Å². The standard InChI is InChI=1S/C50H32N2OS/c1-2-8-38(9-3-1)51-43-11-6-13-45-48(43)42-27-23-36-28-35(22-26-40(36)50(42)53-45)34-19-17-32-16-18-33(29-37(32)30-34)31-20-24-39(25-21-31)52-44-12-7-15-47-49(44)41-10-4-5-14-46(41)54-47/h1-30,51-52H. The first-order valence-corrected chi connectivity index (χ1v) is 19.1. The lowest BCUT2D eigenvalue weighted by Crippen LogP contribution is -1.91. The summed E-state index contributed by atoms with van der Waals surface area (Å²) in [5.41, 5.74) is 10.9. The normalized spacial score (nSPS) is 11.7. The van der Waals surface area contributed by atoms with Crippen molar-refractivity contribution in [3.63, 3.8) is 0 Å². The van der Waals surface area contributed by atoms with Crippen LogP contribution in [0.4, 0.5) is 22.7 Å². The van der Waals surface area contributed by atoms with Crippen molar-refractivity contribution in [2.24, 2.45) is 0 Å². The van der Waals surface area contributed by atoms with E-state index in [-0.39, 0.29) is 0 Å². The molecule has 0 unspecified atom stereocenters. The van der Waals surface area contributed by atoms with E-state index in [0.717, 1.165) is 55.5 Å². The molecule has 0 aliphatic rings. The minimum absolute atomic E-state index is 0.878. The molecule has 2 heterocycles. The lowest BCUT2D eigenvalue weighted by Gasteiger charge is -2.11. The minimum Gasteiger partial charge on any atom is -0.455 e. The Morgan fingerprint density at radius 1 is 0.370 bits per heavy atom. The topological polar surface area (TPSA) is 37.2 Å². The van der Waals surface area contributed by atoms with Gasteiger partial charge in [-0.1, -0.05) is 97.1 Å². The second-order valence-electron chi connectivity index (χ2n) is 13.9. The zero-order valence-electron chi connectivity index (χ0n) is 29.1. The zero-order chi connectivity index (χ0) is 35.6. The van der Waals surface area contributed by atoms with Gasteiger partial charge < -0.3 is 15.1 Å². The average Bonchev–Trinajstić information content (AvgIpc) is 3.81. The maximum atomic E-state index is 6.53. The number of benzene rings is 9. The Kier molecular flexibility index (Phi) is 7.04. The molecule has 0 amide bonds. The van der Waals surface area contributed by atoms with Crippen molar-refractivity contribution < 1.29 is 4.42 Å². The Bertz CT molecular complexity index is 3210. The van der Waals surface area contributed by atoms with Gasteiger partial charge in [-0.05, 0) is 123 Å². The lowest BCUT2D eigenvalue weighted by atomic mass is 9.96. The van der Waals surface area contributed by atoms with Crippen LogP contribution in [0.15, 0.2) is 186 Å². The Hall–Kier alpha value is -6.88. The fourth-order valence-corrected chi connectivity index (χ4v) is 9.09. The molecule has 0 aliphatic heterocycles. The molecule has 0 saturated carbocycles. The molecule has 0 atom stereocenters. The van der Waals surface area contributed by atoms with Crippen LogP contribution in [0.1, 0.15) is 0 Å². The smallest absolute Gasteiger partial charge is 0.143 e. The highest BCUT2D eigenvalue weighted by molar-refractivity contribution is 7.26. The van der Waals surface area contributed by atoms with E-state index >= 15 is 0 Å². The maximum absolute atomic E-state index is 6.53. The first-order valence-electron chi connectivity index (χ1n) is 18.2. The number of hydrogen-bond donors (Lipinski definition) is 2. The van der Waals surface area contributed by atoms with Crippen molar-refractivity contribution in [3.8, 4) is 22.3 Å². The lowest BCUT2D eigenvalue weighted by molar-refractivity contribution is 0.673. The second kappa shape index (κ2) is 12.4. The highest BCUT2D eigenvalue weighted by atomic mass is 32.1. The predicted octanol–water partition coefficient (Wildman–Crippen LogP) is 15.1. The van der Waals surface area contributed by atoms with Gasteiger partial charge in [0, 0.05) is 48.0 Å². The van der Waals surface area contributed by atoms with E-state index in [4.69, 9.17) is 4.42 Å². The summed E-state index contributed by atoms with van der Waals surface area (Å²) in [7, 11) is 0. The fourth-order valence-electron chi connectivity index (χ4n) is 7.96. The van der Waals surface area contributed by atoms with E-state index in [0.29, 0.717) is 0 Å². The maximum Gasteiger partial charge on any atom is 0.143 e. The summed E-state index contributed by atoms with van der Waals surface area (Å²) in [4.78, 5) is 0. The summed E-state index contributed by atoms with van der Waals surface area (Å²) < 4.78 is 9.14. The van der Waals surface area contributed by atoms with Crippen molar-refractivity contribution in [3.05, 3.63) is 182 Å². The van der Waals surface area contributed by atoms with Gasteiger partial charge in [-0.2, -0.15) is 0 Å². The van der Waals surface area contributed by atoms with Gasteiger partial charge in [0.1, 0.15) is 11.2 Å². The van der Waals surface area contributed by atoms with Gasteiger partial charge in [0.15, 0.2) is 0 Å². The number of thiophene rings is 1. The Balaban J connectivity index is 0.897. The molecule has 0 fully saturated rings. The molecule has 0 radical (unpaired) electrons. The summed E-state index contributed by atoms with van der Waals surface area (Å²) in [5, 5.41) is 16.8. The Morgan fingerprint density at radius 2 is 0.963 bits per heavy atom. The first kappa shape index (κ1) is 30.7. The van der Waals surface area contributed by atoms with E-state index in [1.54, 1.807) is 0 Å². The molecule has 54 heavy (non-hydrogen) atoms. The largest absolute Gasteiger partial charge is 0.455 e. The highest BCUT2D eigenvalue weighted by Gasteiger charge is 2.15. The molecule has 0 saturated heterocycles. The predicted molar refractivity (Wildman–Crippen MR) is 232 cm³/mol. The molecular weight excluding hydrogens is 677 g/mol. The van der Waals surface area contributed by atoms with Crippen LogP contribution < -0.4 is 10.6 Å². The van der Waals surface area contributed by atoms with Crippen molar-refractivity contribution in [1.29, 1.82) is 0 Å². The highest BCUT2D eigenvalue weighted by Crippen LogP contribution is 2.41. The number of fused-ring (bicyclic) bond motifs is 9. The number of rotatable bonds is 6. The molecule has 254 valence electrons. The summed E-state index contributed by atoms with van der Waals surface area (Å²) in [6.45, 7) is 0. The summed E-state index contributed by atoms with van der Waals surface area (Å²) >= 11 is 1.84. The number of furan rings is 1. The molecule has 0 aliphatic carbocycles. The van der Waals surface area contributed by atoms with Crippen LogP contribution in [0.5, 0.6) is 0 Å². The Morgan fingerprint density at radius 3 is 1.78 bits per heavy atom. The zero-order valence-corrected chi connectivity index (χ0v) is 30.0. The molecule has 3 nitrogen and oxygen atoms in total. The Labute approximate surface area is 315 Å². The minimum atomic E-state index is 0.878. The summed E-state index contributed by atoms with van der Waals surface area (Å²) in [5.74, 6) is 0. The van der Waals surface area contributed by atoms with Crippen molar-refractivity contribution >= 4 is 97.7 Å². The van der Waals surface area contributed by atoms with Crippen LogP contribution in [-0.2, 0) is 0 Å². The number of hydrogen-bond acceptors (Lipinski definition) is 4. The van der Waals surface area contributed by atoms with Crippen LogP contribution in [0.3, 0.4) is 0 Å². The fraction of sp³-hybridized carbons (Fsp3) is 0. The van der Waals surface area contributed by atoms with E-state index in [1.165, 1.54) is 53.2 Å². The molecule has 0 bridgehead atoms. The first-order chi connectivity index (χ1) is 26.7. The van der Waals surface area contributed by atoms with E-state index in [2.05, 4.69) is 168 Å². The molecule has 2 aromatic heterocycles. The summed E-state index contributed by atoms with van der Waals surface area (Å²) in [6, 6.07) is 65.0. The van der Waals surface area contributed by atoms with Crippen LogP contribution in [0.2, 0.25) is 0 Å². The molecule has 2 N–H and O–H groups in total. The van der Waals surface area contributed by atoms with Gasteiger partial charge in [0.2, 0.25) is 0 Å². The van der Waals surface area contributed by atoms with Crippen LogP contribution >= 0.6 is 11.3 Å². The van der Waals surface area contributed by atoms with Gasteiger partial charge in [-0.3, -0.25) is 0 Å².